The van der Waals surface area contributed by atoms with Gasteiger partial charge in [0, 0.05) is 28.0 Å². The molecule has 0 saturated carbocycles. The number of ketones is 1. The molecular weight excluding hydrogens is 436 g/mol. The van der Waals surface area contributed by atoms with Gasteiger partial charge in [0.1, 0.15) is 22.7 Å². The summed E-state index contributed by atoms with van der Waals surface area (Å²) in [6, 6.07) is 27.2. The number of hydrogen-bond acceptors (Lipinski definition) is 4. The van der Waals surface area contributed by atoms with Crippen LogP contribution >= 0.6 is 0 Å². The molecule has 35 heavy (non-hydrogen) atoms. The molecule has 0 saturated heterocycles. The molecule has 6 rings (SSSR count). The molecule has 0 aliphatic carbocycles. The minimum absolute atomic E-state index is 0.254. The van der Waals surface area contributed by atoms with Gasteiger partial charge in [0.15, 0.2) is 0 Å². The van der Waals surface area contributed by atoms with E-state index < -0.39 is 0 Å². The molecule has 0 unspecified atom stereocenters. The molecule has 4 heteroatoms. The predicted octanol–water partition coefficient (Wildman–Crippen LogP) is 7.14. The van der Waals surface area contributed by atoms with Crippen LogP contribution in [0.4, 0.5) is 0 Å². The minimum atomic E-state index is -0.254. The Balaban J connectivity index is 1.46. The molecule has 168 valence electrons. The van der Waals surface area contributed by atoms with Gasteiger partial charge in [-0.25, -0.2) is 0 Å². The summed E-state index contributed by atoms with van der Waals surface area (Å²) < 4.78 is 16.8. The fraction of sp³-hybridized carbons (Fsp3) is 0.0645. The van der Waals surface area contributed by atoms with Crippen molar-refractivity contribution in [1.29, 1.82) is 0 Å². The quantitative estimate of drug-likeness (QED) is 0.210. The Labute approximate surface area is 201 Å². The molecule has 0 bridgehead atoms. The molecule has 6 aromatic rings. The molecule has 0 spiro atoms. The SMILES string of the molecule is COc1ccc2cc(C#CC(=O)c3cc4oc5cc(OC)ccc5c4c4ccccc34)ccc2c1. The maximum Gasteiger partial charge on any atom is 0.237 e. The van der Waals surface area contributed by atoms with Crippen LogP contribution in [0, 0.1) is 11.8 Å². The lowest BCUT2D eigenvalue weighted by molar-refractivity contribution is 0.105. The van der Waals surface area contributed by atoms with Crippen molar-refractivity contribution in [3.05, 3.63) is 96.1 Å². The second-order valence-electron chi connectivity index (χ2n) is 8.31. The number of carbonyl (C=O) groups is 1. The van der Waals surface area contributed by atoms with Crippen LogP contribution in [0.3, 0.4) is 0 Å². The Morgan fingerprint density at radius 2 is 1.43 bits per heavy atom. The first kappa shape index (κ1) is 20.8. The summed E-state index contributed by atoms with van der Waals surface area (Å²) in [6.45, 7) is 0. The van der Waals surface area contributed by atoms with Gasteiger partial charge in [0.2, 0.25) is 5.78 Å². The van der Waals surface area contributed by atoms with Gasteiger partial charge >= 0.3 is 0 Å². The fourth-order valence-electron chi connectivity index (χ4n) is 4.56. The van der Waals surface area contributed by atoms with Gasteiger partial charge in [0.25, 0.3) is 0 Å². The van der Waals surface area contributed by atoms with Crippen LogP contribution in [0.5, 0.6) is 11.5 Å². The van der Waals surface area contributed by atoms with Gasteiger partial charge in [-0.3, -0.25) is 4.79 Å². The predicted molar refractivity (Wildman–Crippen MR) is 139 cm³/mol. The van der Waals surface area contributed by atoms with Gasteiger partial charge in [0.05, 0.1) is 14.2 Å². The van der Waals surface area contributed by atoms with Crippen LogP contribution in [0.15, 0.2) is 89.3 Å². The second-order valence-corrected chi connectivity index (χ2v) is 8.31. The molecule has 0 N–H and O–H groups in total. The molecule has 0 fully saturated rings. The number of ether oxygens (including phenoxy) is 2. The summed E-state index contributed by atoms with van der Waals surface area (Å²) in [6.07, 6.45) is 0. The third-order valence-corrected chi connectivity index (χ3v) is 6.30. The smallest absolute Gasteiger partial charge is 0.237 e. The van der Waals surface area contributed by atoms with Crippen molar-refractivity contribution in [1.82, 2.24) is 0 Å². The van der Waals surface area contributed by atoms with Gasteiger partial charge in [-0.05, 0) is 69.9 Å². The van der Waals surface area contributed by atoms with E-state index in [0.29, 0.717) is 16.7 Å². The highest BCUT2D eigenvalue weighted by atomic mass is 16.5. The van der Waals surface area contributed by atoms with E-state index in [1.165, 1.54) is 0 Å². The number of furan rings is 1. The maximum absolute atomic E-state index is 13.3. The Kier molecular flexibility index (Phi) is 4.90. The first-order valence-corrected chi connectivity index (χ1v) is 11.2. The van der Waals surface area contributed by atoms with E-state index in [1.54, 1.807) is 20.3 Å². The standard InChI is InChI=1S/C31H20O4/c1-33-22-11-10-20-15-19(7-9-21(20)16-22)8-14-28(32)27-18-30-31(25-6-4-3-5-24(25)27)26-13-12-23(34-2)17-29(26)35-30/h3-7,9-13,15-18H,1-2H3. The summed E-state index contributed by atoms with van der Waals surface area (Å²) in [5.41, 5.74) is 2.67. The third-order valence-electron chi connectivity index (χ3n) is 6.30. The van der Waals surface area contributed by atoms with Crippen molar-refractivity contribution >= 4 is 49.3 Å². The molecule has 5 aromatic carbocycles. The van der Waals surface area contributed by atoms with Crippen molar-refractivity contribution in [2.45, 2.75) is 0 Å². The monoisotopic (exact) mass is 456 g/mol. The minimum Gasteiger partial charge on any atom is -0.497 e. The van der Waals surface area contributed by atoms with E-state index in [4.69, 9.17) is 13.9 Å². The molecule has 0 aliphatic rings. The van der Waals surface area contributed by atoms with Gasteiger partial charge in [-0.2, -0.15) is 0 Å². The fourth-order valence-corrected chi connectivity index (χ4v) is 4.56. The molecule has 4 nitrogen and oxygen atoms in total. The summed E-state index contributed by atoms with van der Waals surface area (Å²) >= 11 is 0. The number of rotatable bonds is 3. The molecule has 0 amide bonds. The number of fused-ring (bicyclic) bond motifs is 6. The molecule has 1 heterocycles. The highest BCUT2D eigenvalue weighted by Crippen LogP contribution is 2.37. The highest BCUT2D eigenvalue weighted by molar-refractivity contribution is 6.26. The van der Waals surface area contributed by atoms with Crippen LogP contribution < -0.4 is 9.47 Å². The molecule has 0 aliphatic heterocycles. The summed E-state index contributed by atoms with van der Waals surface area (Å²) in [7, 11) is 3.27. The second kappa shape index (κ2) is 8.23. The molecule has 1 aromatic heterocycles. The average molecular weight is 456 g/mol. The first-order valence-electron chi connectivity index (χ1n) is 11.2. The molecule has 0 atom stereocenters. The van der Waals surface area contributed by atoms with E-state index in [2.05, 4.69) is 11.8 Å². The van der Waals surface area contributed by atoms with Crippen molar-refractivity contribution in [3.63, 3.8) is 0 Å². The van der Waals surface area contributed by atoms with Crippen molar-refractivity contribution in [2.75, 3.05) is 14.2 Å². The number of Topliss-reactive ketones (excluding diaryl/α,β-unsaturated/α-hetero) is 1. The Morgan fingerprint density at radius 3 is 2.26 bits per heavy atom. The van der Waals surface area contributed by atoms with Crippen LogP contribution in [-0.2, 0) is 0 Å². The Hall–Kier alpha value is -4.75. The van der Waals surface area contributed by atoms with E-state index >= 15 is 0 Å². The van der Waals surface area contributed by atoms with E-state index in [-0.39, 0.29) is 5.78 Å². The summed E-state index contributed by atoms with van der Waals surface area (Å²) in [5, 5.41) is 5.86. The van der Waals surface area contributed by atoms with Crippen molar-refractivity contribution in [3.8, 4) is 23.3 Å². The largest absolute Gasteiger partial charge is 0.497 e. The van der Waals surface area contributed by atoms with E-state index in [1.807, 2.05) is 78.9 Å². The zero-order valence-corrected chi connectivity index (χ0v) is 19.2. The molecule has 0 radical (unpaired) electrons. The topological polar surface area (TPSA) is 48.7 Å². The van der Waals surface area contributed by atoms with Gasteiger partial charge in [-0.15, -0.1) is 0 Å². The number of hydrogen-bond donors (Lipinski definition) is 0. The van der Waals surface area contributed by atoms with Crippen molar-refractivity contribution in [2.24, 2.45) is 0 Å². The maximum atomic E-state index is 13.3. The zero-order valence-electron chi connectivity index (χ0n) is 19.2. The lowest BCUT2D eigenvalue weighted by atomic mass is 9.97. The van der Waals surface area contributed by atoms with Crippen LogP contribution in [0.2, 0.25) is 0 Å². The Bertz CT molecular complexity index is 1850. The zero-order chi connectivity index (χ0) is 23.9. The van der Waals surface area contributed by atoms with Crippen LogP contribution in [0.25, 0.3) is 43.5 Å². The summed E-state index contributed by atoms with van der Waals surface area (Å²) in [5.74, 6) is 7.15. The van der Waals surface area contributed by atoms with Crippen molar-refractivity contribution < 1.29 is 18.7 Å². The third kappa shape index (κ3) is 3.55. The number of benzene rings is 5. The van der Waals surface area contributed by atoms with Crippen LogP contribution in [0.1, 0.15) is 15.9 Å². The Morgan fingerprint density at radius 1 is 0.714 bits per heavy atom. The van der Waals surface area contributed by atoms with Crippen LogP contribution in [-0.4, -0.2) is 20.0 Å². The summed E-state index contributed by atoms with van der Waals surface area (Å²) in [4.78, 5) is 13.3. The average Bonchev–Trinajstić information content (AvgIpc) is 3.28. The van der Waals surface area contributed by atoms with Gasteiger partial charge in [-0.1, -0.05) is 42.3 Å². The van der Waals surface area contributed by atoms with Gasteiger partial charge < -0.3 is 13.9 Å². The lowest BCUT2D eigenvalue weighted by Gasteiger charge is -2.05. The van der Waals surface area contributed by atoms with E-state index in [9.17, 15) is 4.79 Å². The number of carbonyl (C=O) groups excluding carboxylic acids is 1. The first-order chi connectivity index (χ1) is 17.1. The number of methoxy groups -OCH3 is 2. The highest BCUT2D eigenvalue weighted by Gasteiger charge is 2.17. The lowest BCUT2D eigenvalue weighted by Crippen LogP contribution is -1.97. The van der Waals surface area contributed by atoms with E-state index in [0.717, 1.165) is 49.4 Å². The molecular formula is C31H20O4. The normalized spacial score (nSPS) is 11.0.